The van der Waals surface area contributed by atoms with Gasteiger partial charge in [-0.1, -0.05) is 28.1 Å². The Morgan fingerprint density at radius 3 is 2.81 bits per heavy atom. The third-order valence-electron chi connectivity index (χ3n) is 4.12. The summed E-state index contributed by atoms with van der Waals surface area (Å²) in [4.78, 5) is 30.6. The molecule has 0 aliphatic heterocycles. The monoisotopic (exact) mass is 415 g/mol. The number of carbonyl (C=O) groups excluding carboxylic acids is 1. The largest absolute Gasteiger partial charge is 0.496 e. The average Bonchev–Trinajstić information content (AvgIpc) is 2.64. The molecule has 0 spiro atoms. The normalized spacial score (nSPS) is 10.7. The number of carbonyl (C=O) groups is 1. The van der Waals surface area contributed by atoms with Gasteiger partial charge in [0.05, 0.1) is 24.3 Å². The number of methoxy groups -OCH3 is 1. The van der Waals surface area contributed by atoms with Crippen LogP contribution < -0.4 is 10.3 Å². The molecule has 1 aromatic heterocycles. The van der Waals surface area contributed by atoms with E-state index in [1.165, 1.54) is 10.8 Å². The van der Waals surface area contributed by atoms with E-state index in [-0.39, 0.29) is 18.0 Å². The molecule has 134 valence electrons. The zero-order chi connectivity index (χ0) is 18.7. The lowest BCUT2D eigenvalue weighted by Crippen LogP contribution is -2.33. The van der Waals surface area contributed by atoms with Gasteiger partial charge in [0, 0.05) is 23.6 Å². The molecule has 0 radical (unpaired) electrons. The second-order valence-electron chi connectivity index (χ2n) is 5.88. The van der Waals surface area contributed by atoms with E-state index >= 15 is 0 Å². The Kier molecular flexibility index (Phi) is 5.37. The van der Waals surface area contributed by atoms with Gasteiger partial charge in [-0.2, -0.15) is 0 Å². The highest BCUT2D eigenvalue weighted by Crippen LogP contribution is 2.24. The first-order valence-electron chi connectivity index (χ1n) is 8.00. The van der Waals surface area contributed by atoms with E-state index in [1.807, 2.05) is 36.4 Å². The summed E-state index contributed by atoms with van der Waals surface area (Å²) in [6, 6.07) is 12.9. The van der Waals surface area contributed by atoms with Crippen molar-refractivity contribution in [1.82, 2.24) is 14.5 Å². The Balaban J connectivity index is 1.84. The number of likely N-dealkylation sites (N-methyl/N-ethyl adjacent to an activating group) is 1. The molecule has 0 unspecified atom stereocenters. The fourth-order valence-corrected chi connectivity index (χ4v) is 3.16. The van der Waals surface area contributed by atoms with Crippen molar-refractivity contribution in [2.24, 2.45) is 0 Å². The standard InChI is InChI=1S/C19H18BrN3O3/c1-22(11-13-9-14(20)7-8-17(13)26-2)19(25)12-23-16-6-4-3-5-15(16)21-10-18(23)24/h3-10H,11-12H2,1-2H3. The number of rotatable bonds is 5. The smallest absolute Gasteiger partial charge is 0.269 e. The van der Waals surface area contributed by atoms with Gasteiger partial charge in [0.15, 0.2) is 0 Å². The average molecular weight is 416 g/mol. The molecule has 2 aromatic carbocycles. The molecule has 0 N–H and O–H groups in total. The highest BCUT2D eigenvalue weighted by atomic mass is 79.9. The summed E-state index contributed by atoms with van der Waals surface area (Å²) in [6.07, 6.45) is 1.24. The molecule has 6 nitrogen and oxygen atoms in total. The van der Waals surface area contributed by atoms with Crippen LogP contribution in [0.15, 0.2) is 57.9 Å². The van der Waals surface area contributed by atoms with Gasteiger partial charge in [0.2, 0.25) is 5.91 Å². The van der Waals surface area contributed by atoms with Gasteiger partial charge in [-0.25, -0.2) is 4.98 Å². The van der Waals surface area contributed by atoms with Crippen LogP contribution in [0.4, 0.5) is 0 Å². The molecule has 1 heterocycles. The number of para-hydroxylation sites is 2. The van der Waals surface area contributed by atoms with Gasteiger partial charge in [-0.3, -0.25) is 14.2 Å². The van der Waals surface area contributed by atoms with Gasteiger partial charge in [0.25, 0.3) is 5.56 Å². The van der Waals surface area contributed by atoms with E-state index in [2.05, 4.69) is 20.9 Å². The van der Waals surface area contributed by atoms with Crippen LogP contribution in [0.3, 0.4) is 0 Å². The minimum Gasteiger partial charge on any atom is -0.496 e. The third-order valence-corrected chi connectivity index (χ3v) is 4.61. The van der Waals surface area contributed by atoms with E-state index in [1.54, 1.807) is 25.1 Å². The summed E-state index contributed by atoms with van der Waals surface area (Å²) in [5.41, 5.74) is 1.90. The second kappa shape index (κ2) is 7.70. The first kappa shape index (κ1) is 18.1. The number of hydrogen-bond donors (Lipinski definition) is 0. The van der Waals surface area contributed by atoms with Crippen LogP contribution >= 0.6 is 15.9 Å². The third kappa shape index (κ3) is 3.77. The number of hydrogen-bond acceptors (Lipinski definition) is 4. The van der Waals surface area contributed by atoms with Gasteiger partial charge in [-0.15, -0.1) is 0 Å². The van der Waals surface area contributed by atoms with Crippen LogP contribution in [0.1, 0.15) is 5.56 Å². The van der Waals surface area contributed by atoms with Crippen molar-refractivity contribution in [2.75, 3.05) is 14.2 Å². The Morgan fingerprint density at radius 1 is 1.27 bits per heavy atom. The topological polar surface area (TPSA) is 64.4 Å². The summed E-state index contributed by atoms with van der Waals surface area (Å²) < 4.78 is 7.71. The maximum absolute atomic E-state index is 12.7. The molecule has 0 saturated heterocycles. The Morgan fingerprint density at radius 2 is 2.04 bits per heavy atom. The molecule has 3 aromatic rings. The number of benzene rings is 2. The van der Waals surface area contributed by atoms with Crippen LogP contribution in [-0.4, -0.2) is 34.5 Å². The molecule has 7 heteroatoms. The van der Waals surface area contributed by atoms with Crippen molar-refractivity contribution in [3.63, 3.8) is 0 Å². The number of halogens is 1. The molecular formula is C19H18BrN3O3. The molecule has 0 aliphatic rings. The van der Waals surface area contributed by atoms with Crippen molar-refractivity contribution < 1.29 is 9.53 Å². The van der Waals surface area contributed by atoms with Crippen molar-refractivity contribution in [1.29, 1.82) is 0 Å². The summed E-state index contributed by atoms with van der Waals surface area (Å²) >= 11 is 3.43. The maximum Gasteiger partial charge on any atom is 0.269 e. The lowest BCUT2D eigenvalue weighted by atomic mass is 10.2. The minimum atomic E-state index is -0.300. The van der Waals surface area contributed by atoms with E-state index in [9.17, 15) is 9.59 Å². The zero-order valence-electron chi connectivity index (χ0n) is 14.5. The van der Waals surface area contributed by atoms with Crippen LogP contribution in [0, 0.1) is 0 Å². The molecule has 0 fully saturated rings. The zero-order valence-corrected chi connectivity index (χ0v) is 16.1. The molecule has 26 heavy (non-hydrogen) atoms. The van der Waals surface area contributed by atoms with Gasteiger partial charge >= 0.3 is 0 Å². The van der Waals surface area contributed by atoms with E-state index in [0.717, 1.165) is 10.0 Å². The van der Waals surface area contributed by atoms with E-state index < -0.39 is 0 Å². The molecule has 0 bridgehead atoms. The quantitative estimate of drug-likeness (QED) is 0.642. The molecule has 0 saturated carbocycles. The first-order valence-corrected chi connectivity index (χ1v) is 8.80. The van der Waals surface area contributed by atoms with Gasteiger partial charge in [-0.05, 0) is 30.3 Å². The van der Waals surface area contributed by atoms with Crippen LogP contribution in [0.25, 0.3) is 11.0 Å². The SMILES string of the molecule is COc1ccc(Br)cc1CN(C)C(=O)Cn1c(=O)cnc2ccccc21. The summed E-state index contributed by atoms with van der Waals surface area (Å²) in [5, 5.41) is 0. The molecular weight excluding hydrogens is 398 g/mol. The van der Waals surface area contributed by atoms with E-state index in [0.29, 0.717) is 23.3 Å². The number of fused-ring (bicyclic) bond motifs is 1. The van der Waals surface area contributed by atoms with Gasteiger partial charge < -0.3 is 9.64 Å². The highest BCUT2D eigenvalue weighted by molar-refractivity contribution is 9.10. The number of aromatic nitrogens is 2. The van der Waals surface area contributed by atoms with Crippen molar-refractivity contribution in [2.45, 2.75) is 13.1 Å². The number of amides is 1. The fraction of sp³-hybridized carbons (Fsp3) is 0.211. The lowest BCUT2D eigenvalue weighted by Gasteiger charge is -2.20. The van der Waals surface area contributed by atoms with Crippen molar-refractivity contribution >= 4 is 32.9 Å². The number of nitrogens with zero attached hydrogens (tertiary/aromatic N) is 3. The van der Waals surface area contributed by atoms with Crippen molar-refractivity contribution in [3.05, 3.63) is 69.1 Å². The Hall–Kier alpha value is -2.67. The maximum atomic E-state index is 12.7. The van der Waals surface area contributed by atoms with Gasteiger partial charge in [0.1, 0.15) is 12.3 Å². The number of ether oxygens (including phenoxy) is 1. The lowest BCUT2D eigenvalue weighted by molar-refractivity contribution is -0.131. The van der Waals surface area contributed by atoms with E-state index in [4.69, 9.17) is 4.74 Å². The fourth-order valence-electron chi connectivity index (χ4n) is 2.75. The summed E-state index contributed by atoms with van der Waals surface area (Å²) in [6.45, 7) is 0.327. The molecule has 0 atom stereocenters. The molecule has 0 aliphatic carbocycles. The molecule has 3 rings (SSSR count). The first-order chi connectivity index (χ1) is 12.5. The van der Waals surface area contributed by atoms with Crippen LogP contribution in [0.2, 0.25) is 0 Å². The van der Waals surface area contributed by atoms with Crippen LogP contribution in [-0.2, 0) is 17.9 Å². The summed E-state index contributed by atoms with van der Waals surface area (Å²) in [7, 11) is 3.30. The Bertz CT molecular complexity index is 1020. The predicted molar refractivity (Wildman–Crippen MR) is 103 cm³/mol. The second-order valence-corrected chi connectivity index (χ2v) is 6.79. The minimum absolute atomic E-state index is 0.0469. The predicted octanol–water partition coefficient (Wildman–Crippen LogP) is 2.83. The molecule has 1 amide bonds. The highest BCUT2D eigenvalue weighted by Gasteiger charge is 2.15. The summed E-state index contributed by atoms with van der Waals surface area (Å²) in [5.74, 6) is 0.532. The Labute approximate surface area is 159 Å². The van der Waals surface area contributed by atoms with Crippen molar-refractivity contribution in [3.8, 4) is 5.75 Å². The van der Waals surface area contributed by atoms with Crippen LogP contribution in [0.5, 0.6) is 5.75 Å².